The number of ether oxygens (including phenoxy) is 1. The minimum absolute atomic E-state index is 0.155. The molecule has 1 aliphatic heterocycles. The van der Waals surface area contributed by atoms with Crippen LogP contribution in [-0.2, 0) is 4.74 Å². The molecule has 86 valence electrons. The lowest BCUT2D eigenvalue weighted by Crippen LogP contribution is -2.57. The number of halogens is 1. The Morgan fingerprint density at radius 2 is 2.07 bits per heavy atom. The molecular formula is C11H18INO2. The molecule has 2 rings (SSSR count). The van der Waals surface area contributed by atoms with Crippen LogP contribution in [0.25, 0.3) is 0 Å². The van der Waals surface area contributed by atoms with E-state index < -0.39 is 0 Å². The Hall–Kier alpha value is 0.160. The van der Waals surface area contributed by atoms with Crippen molar-refractivity contribution in [3.63, 3.8) is 0 Å². The zero-order chi connectivity index (χ0) is 10.9. The van der Waals surface area contributed by atoms with Crippen LogP contribution in [0.1, 0.15) is 32.6 Å². The molecule has 0 radical (unpaired) electrons. The minimum Gasteiger partial charge on any atom is -0.455 e. The number of rotatable bonds is 2. The first-order valence-corrected chi connectivity index (χ1v) is 6.80. The van der Waals surface area contributed by atoms with Crippen LogP contribution in [0.15, 0.2) is 0 Å². The highest BCUT2D eigenvalue weighted by molar-refractivity contribution is 14.1. The molecule has 0 aromatic heterocycles. The molecule has 0 aromatic carbocycles. The predicted octanol–water partition coefficient (Wildman–Crippen LogP) is 2.82. The van der Waals surface area contributed by atoms with Gasteiger partial charge in [0.25, 0.3) is 0 Å². The van der Waals surface area contributed by atoms with E-state index in [1.807, 2.05) is 0 Å². The van der Waals surface area contributed by atoms with Crippen LogP contribution in [0.5, 0.6) is 0 Å². The fourth-order valence-corrected chi connectivity index (χ4v) is 3.25. The molecule has 2 fully saturated rings. The van der Waals surface area contributed by atoms with E-state index in [1.54, 1.807) is 22.6 Å². The van der Waals surface area contributed by atoms with E-state index in [-0.39, 0.29) is 10.1 Å². The zero-order valence-corrected chi connectivity index (χ0v) is 11.3. The smallest absolute Gasteiger partial charge is 0.367 e. The van der Waals surface area contributed by atoms with Gasteiger partial charge in [0.2, 0.25) is 0 Å². The van der Waals surface area contributed by atoms with Gasteiger partial charge in [0.15, 0.2) is 0 Å². The van der Waals surface area contributed by atoms with Crippen molar-refractivity contribution in [3.05, 3.63) is 0 Å². The highest BCUT2D eigenvalue weighted by Crippen LogP contribution is 2.44. The third-order valence-corrected chi connectivity index (χ3v) is 4.07. The first kappa shape index (κ1) is 11.6. The first-order valence-electron chi connectivity index (χ1n) is 5.72. The third-order valence-electron chi connectivity index (χ3n) is 3.82. The standard InChI is InChI=1S/C11H18INO2/c1-2-13-7-11(8-13)5-3-9(4-6-11)15-10(12)14/h9H,2-8H2,1H3. The van der Waals surface area contributed by atoms with Gasteiger partial charge in [0.1, 0.15) is 6.10 Å². The Morgan fingerprint density at radius 1 is 1.47 bits per heavy atom. The lowest BCUT2D eigenvalue weighted by atomic mass is 9.68. The second-order valence-electron chi connectivity index (χ2n) is 4.86. The second-order valence-corrected chi connectivity index (χ2v) is 5.74. The lowest BCUT2D eigenvalue weighted by molar-refractivity contribution is -0.0506. The molecule has 1 spiro atoms. The summed E-state index contributed by atoms with van der Waals surface area (Å²) < 4.78 is 5.09. The van der Waals surface area contributed by atoms with Gasteiger partial charge in [0.05, 0.1) is 22.6 Å². The van der Waals surface area contributed by atoms with Gasteiger partial charge < -0.3 is 9.64 Å². The largest absolute Gasteiger partial charge is 0.455 e. The molecule has 1 heterocycles. The number of likely N-dealkylation sites (tertiary alicyclic amines) is 1. The molecule has 15 heavy (non-hydrogen) atoms. The molecule has 1 aliphatic carbocycles. The van der Waals surface area contributed by atoms with Crippen molar-refractivity contribution >= 4 is 26.6 Å². The summed E-state index contributed by atoms with van der Waals surface area (Å²) in [6, 6.07) is 0. The topological polar surface area (TPSA) is 29.5 Å². The van der Waals surface area contributed by atoms with Gasteiger partial charge in [-0.25, -0.2) is 4.79 Å². The second kappa shape index (κ2) is 4.57. The van der Waals surface area contributed by atoms with Crippen LogP contribution in [-0.4, -0.2) is 34.6 Å². The van der Waals surface area contributed by atoms with E-state index >= 15 is 0 Å². The summed E-state index contributed by atoms with van der Waals surface area (Å²) in [5.74, 6) is 0. The quantitative estimate of drug-likeness (QED) is 0.578. The van der Waals surface area contributed by atoms with Crippen LogP contribution in [0.4, 0.5) is 4.79 Å². The Balaban J connectivity index is 1.76. The molecular weight excluding hydrogens is 305 g/mol. The number of carbonyl (C=O) groups is 1. The molecule has 1 saturated carbocycles. The van der Waals surface area contributed by atoms with Gasteiger partial charge in [-0.05, 0) is 37.6 Å². The summed E-state index contributed by atoms with van der Waals surface area (Å²) in [4.78, 5) is 13.3. The molecule has 3 nitrogen and oxygen atoms in total. The van der Waals surface area contributed by atoms with Crippen LogP contribution in [0.3, 0.4) is 0 Å². The molecule has 1 saturated heterocycles. The van der Waals surface area contributed by atoms with Crippen molar-refractivity contribution in [1.82, 2.24) is 4.90 Å². The SMILES string of the molecule is CCN1CC2(CCC(OC(=O)I)CC2)C1. The fourth-order valence-electron chi connectivity index (χ4n) is 2.89. The van der Waals surface area contributed by atoms with Gasteiger partial charge >= 0.3 is 3.98 Å². The van der Waals surface area contributed by atoms with E-state index in [1.165, 1.54) is 32.5 Å². The van der Waals surface area contributed by atoms with Crippen molar-refractivity contribution < 1.29 is 9.53 Å². The monoisotopic (exact) mass is 323 g/mol. The number of hydrogen-bond acceptors (Lipinski definition) is 3. The van der Waals surface area contributed by atoms with Crippen molar-refractivity contribution in [2.45, 2.75) is 38.7 Å². The average molecular weight is 323 g/mol. The normalized spacial score (nSPS) is 26.3. The Kier molecular flexibility index (Phi) is 3.55. The third kappa shape index (κ3) is 2.64. The van der Waals surface area contributed by atoms with Crippen LogP contribution in [0.2, 0.25) is 0 Å². The summed E-state index contributed by atoms with van der Waals surface area (Å²) in [6.45, 7) is 5.91. The van der Waals surface area contributed by atoms with Crippen molar-refractivity contribution in [1.29, 1.82) is 0 Å². The molecule has 0 atom stereocenters. The summed E-state index contributed by atoms with van der Waals surface area (Å²) >= 11 is 1.72. The minimum atomic E-state index is -0.155. The van der Waals surface area contributed by atoms with E-state index in [4.69, 9.17) is 4.74 Å². The van der Waals surface area contributed by atoms with Crippen LogP contribution < -0.4 is 0 Å². The summed E-state index contributed by atoms with van der Waals surface area (Å²) in [5.41, 5.74) is 0.574. The lowest BCUT2D eigenvalue weighted by Gasteiger charge is -2.53. The molecule has 4 heteroatoms. The summed E-state index contributed by atoms with van der Waals surface area (Å²) in [5, 5.41) is 0. The highest BCUT2D eigenvalue weighted by atomic mass is 127. The van der Waals surface area contributed by atoms with Crippen LogP contribution in [0, 0.1) is 5.41 Å². The van der Waals surface area contributed by atoms with E-state index in [2.05, 4.69) is 11.8 Å². The molecule has 0 amide bonds. The summed E-state index contributed by atoms with van der Waals surface area (Å²) in [7, 11) is 0. The Labute approximate surface area is 105 Å². The number of nitrogens with zero attached hydrogens (tertiary/aromatic N) is 1. The van der Waals surface area contributed by atoms with Crippen molar-refractivity contribution in [2.75, 3.05) is 19.6 Å². The molecule has 0 unspecified atom stereocenters. The van der Waals surface area contributed by atoms with Gasteiger partial charge in [-0.1, -0.05) is 6.92 Å². The average Bonchev–Trinajstić information content (AvgIpc) is 2.15. The van der Waals surface area contributed by atoms with Gasteiger partial charge in [-0.2, -0.15) is 0 Å². The van der Waals surface area contributed by atoms with Crippen LogP contribution >= 0.6 is 22.6 Å². The van der Waals surface area contributed by atoms with Crippen molar-refractivity contribution in [2.24, 2.45) is 5.41 Å². The number of hydrogen-bond donors (Lipinski definition) is 0. The van der Waals surface area contributed by atoms with E-state index in [0.717, 1.165) is 12.8 Å². The molecule has 0 bridgehead atoms. The van der Waals surface area contributed by atoms with Gasteiger partial charge in [0, 0.05) is 13.1 Å². The maximum absolute atomic E-state index is 10.8. The fraction of sp³-hybridized carbons (Fsp3) is 0.909. The van der Waals surface area contributed by atoms with Crippen molar-refractivity contribution in [3.8, 4) is 0 Å². The van der Waals surface area contributed by atoms with Gasteiger partial charge in [-0.15, -0.1) is 0 Å². The number of carbonyl (C=O) groups excluding carboxylic acids is 1. The van der Waals surface area contributed by atoms with Gasteiger partial charge in [-0.3, -0.25) is 0 Å². The Bertz CT molecular complexity index is 241. The molecule has 0 aromatic rings. The van der Waals surface area contributed by atoms with E-state index in [9.17, 15) is 4.79 Å². The first-order chi connectivity index (χ1) is 7.13. The maximum Gasteiger partial charge on any atom is 0.367 e. The van der Waals surface area contributed by atoms with E-state index in [0.29, 0.717) is 5.41 Å². The zero-order valence-electron chi connectivity index (χ0n) is 9.17. The summed E-state index contributed by atoms with van der Waals surface area (Å²) in [6.07, 6.45) is 4.78. The Morgan fingerprint density at radius 3 is 2.53 bits per heavy atom. The maximum atomic E-state index is 10.8. The highest BCUT2D eigenvalue weighted by Gasteiger charge is 2.44. The predicted molar refractivity (Wildman–Crippen MR) is 67.3 cm³/mol. The molecule has 0 N–H and O–H groups in total. The molecule has 2 aliphatic rings.